The van der Waals surface area contributed by atoms with Crippen LogP contribution in [0.2, 0.25) is 0 Å². The molecule has 1 aliphatic heterocycles. The van der Waals surface area contributed by atoms with E-state index >= 15 is 0 Å². The quantitative estimate of drug-likeness (QED) is 0.791. The first-order valence-electron chi connectivity index (χ1n) is 8.64. The molecule has 1 saturated heterocycles. The van der Waals surface area contributed by atoms with Crippen molar-refractivity contribution in [3.8, 4) is 0 Å². The summed E-state index contributed by atoms with van der Waals surface area (Å²) in [5.41, 5.74) is -0.115. The van der Waals surface area contributed by atoms with Crippen molar-refractivity contribution in [2.45, 2.75) is 70.3 Å². The molecular formula is C17H32N2O2. The Hall–Kier alpha value is -0.610. The normalized spacial score (nSPS) is 25.6. The van der Waals surface area contributed by atoms with Crippen molar-refractivity contribution in [1.82, 2.24) is 10.2 Å². The zero-order valence-electron chi connectivity index (χ0n) is 13.8. The van der Waals surface area contributed by atoms with Crippen LogP contribution in [0.1, 0.15) is 64.7 Å². The van der Waals surface area contributed by atoms with Crippen molar-refractivity contribution in [2.75, 3.05) is 26.7 Å². The van der Waals surface area contributed by atoms with Gasteiger partial charge in [0.05, 0.1) is 0 Å². The number of likely N-dealkylation sites (tertiary alicyclic amines) is 1. The number of carbonyl (C=O) groups is 1. The molecular weight excluding hydrogens is 264 g/mol. The summed E-state index contributed by atoms with van der Waals surface area (Å²) in [4.78, 5) is 13.8. The van der Waals surface area contributed by atoms with Gasteiger partial charge in [0.1, 0.15) is 5.54 Å². The Kier molecular flexibility index (Phi) is 5.67. The molecule has 0 aromatic rings. The molecule has 0 bridgehead atoms. The Morgan fingerprint density at radius 1 is 1.19 bits per heavy atom. The first-order chi connectivity index (χ1) is 10.00. The molecule has 0 aromatic carbocycles. The van der Waals surface area contributed by atoms with E-state index in [1.54, 1.807) is 14.0 Å². The summed E-state index contributed by atoms with van der Waals surface area (Å²) in [5, 5.41) is 12.2. The van der Waals surface area contributed by atoms with Crippen molar-refractivity contribution in [3.63, 3.8) is 0 Å². The van der Waals surface area contributed by atoms with Gasteiger partial charge < -0.3 is 15.3 Å². The van der Waals surface area contributed by atoms with Crippen LogP contribution in [-0.4, -0.2) is 48.2 Å². The summed E-state index contributed by atoms with van der Waals surface area (Å²) < 4.78 is 0. The molecule has 0 amide bonds. The van der Waals surface area contributed by atoms with E-state index in [2.05, 4.69) is 10.2 Å². The molecule has 4 nitrogen and oxygen atoms in total. The maximum atomic E-state index is 11.3. The molecule has 2 aliphatic rings. The summed E-state index contributed by atoms with van der Waals surface area (Å²) in [5.74, 6) is -0.746. The number of carboxylic acid groups (broad SMARTS) is 1. The van der Waals surface area contributed by atoms with Crippen molar-refractivity contribution >= 4 is 5.97 Å². The molecule has 1 heterocycles. The molecule has 0 aromatic heterocycles. The van der Waals surface area contributed by atoms with E-state index in [4.69, 9.17) is 0 Å². The zero-order chi connectivity index (χ0) is 15.3. The molecule has 1 aliphatic carbocycles. The third-order valence-corrected chi connectivity index (χ3v) is 6.01. The first-order valence-corrected chi connectivity index (χ1v) is 8.64. The summed E-state index contributed by atoms with van der Waals surface area (Å²) in [7, 11) is 1.74. The number of hydrogen-bond acceptors (Lipinski definition) is 3. The number of piperidine rings is 1. The maximum Gasteiger partial charge on any atom is 0.323 e. The van der Waals surface area contributed by atoms with Gasteiger partial charge in [0.15, 0.2) is 0 Å². The monoisotopic (exact) mass is 296 g/mol. The second kappa shape index (κ2) is 7.10. The average Bonchev–Trinajstić information content (AvgIpc) is 2.50. The molecule has 2 rings (SSSR count). The molecule has 1 unspecified atom stereocenters. The van der Waals surface area contributed by atoms with Crippen LogP contribution in [0.25, 0.3) is 0 Å². The van der Waals surface area contributed by atoms with Gasteiger partial charge in [-0.25, -0.2) is 0 Å². The molecule has 2 fully saturated rings. The summed E-state index contributed by atoms with van der Waals surface area (Å²) in [6, 6.07) is 0. The van der Waals surface area contributed by atoms with E-state index in [1.165, 1.54) is 58.0 Å². The number of likely N-dealkylation sites (N-methyl/N-ethyl adjacent to an activating group) is 1. The molecule has 2 N–H and O–H groups in total. The fourth-order valence-corrected chi connectivity index (χ4v) is 4.05. The van der Waals surface area contributed by atoms with E-state index in [0.29, 0.717) is 11.8 Å². The Labute approximate surface area is 129 Å². The summed E-state index contributed by atoms with van der Waals surface area (Å²) in [6.07, 6.45) is 11.5. The van der Waals surface area contributed by atoms with Crippen LogP contribution >= 0.6 is 0 Å². The van der Waals surface area contributed by atoms with Crippen molar-refractivity contribution in [3.05, 3.63) is 0 Å². The Balaban J connectivity index is 1.70. The van der Waals surface area contributed by atoms with Crippen LogP contribution in [0.15, 0.2) is 0 Å². The number of carboxylic acids is 1. The fourth-order valence-electron chi connectivity index (χ4n) is 4.05. The average molecular weight is 296 g/mol. The molecule has 21 heavy (non-hydrogen) atoms. The van der Waals surface area contributed by atoms with E-state index in [-0.39, 0.29) is 0 Å². The van der Waals surface area contributed by atoms with E-state index < -0.39 is 11.5 Å². The molecule has 1 saturated carbocycles. The molecule has 0 radical (unpaired) electrons. The van der Waals surface area contributed by atoms with Gasteiger partial charge in [-0.1, -0.05) is 19.3 Å². The first kappa shape index (κ1) is 16.8. The predicted molar refractivity (Wildman–Crippen MR) is 85.5 cm³/mol. The number of aliphatic carboxylic acids is 1. The van der Waals surface area contributed by atoms with Crippen LogP contribution in [-0.2, 0) is 4.79 Å². The standard InChI is InChI=1S/C17H32N2O2/c1-16(18-2,15(20)21)7-6-12-19-13-10-17(11-14-19)8-4-3-5-9-17/h18H,3-14H2,1-2H3,(H,20,21). The van der Waals surface area contributed by atoms with Gasteiger partial charge in [-0.15, -0.1) is 0 Å². The zero-order valence-corrected chi connectivity index (χ0v) is 13.8. The van der Waals surface area contributed by atoms with Gasteiger partial charge in [0, 0.05) is 0 Å². The predicted octanol–water partition coefficient (Wildman–Crippen LogP) is 2.88. The number of nitrogens with one attached hydrogen (secondary N) is 1. The highest BCUT2D eigenvalue weighted by Gasteiger charge is 2.35. The largest absolute Gasteiger partial charge is 0.480 e. The second-order valence-corrected chi connectivity index (χ2v) is 7.39. The summed E-state index contributed by atoms with van der Waals surface area (Å²) in [6.45, 7) is 5.25. The molecule has 1 atom stereocenters. The highest BCUT2D eigenvalue weighted by atomic mass is 16.4. The lowest BCUT2D eigenvalue weighted by Crippen LogP contribution is -2.48. The number of nitrogens with zero attached hydrogens (tertiary/aromatic N) is 1. The van der Waals surface area contributed by atoms with Crippen LogP contribution in [0, 0.1) is 5.41 Å². The Morgan fingerprint density at radius 3 is 2.33 bits per heavy atom. The van der Waals surface area contributed by atoms with Crippen LogP contribution in [0.3, 0.4) is 0 Å². The van der Waals surface area contributed by atoms with Gasteiger partial charge in [-0.05, 0) is 77.5 Å². The van der Waals surface area contributed by atoms with Crippen molar-refractivity contribution in [2.24, 2.45) is 5.41 Å². The molecule has 4 heteroatoms. The second-order valence-electron chi connectivity index (χ2n) is 7.39. The van der Waals surface area contributed by atoms with Crippen LogP contribution in [0.4, 0.5) is 0 Å². The lowest BCUT2D eigenvalue weighted by Gasteiger charge is -2.44. The van der Waals surface area contributed by atoms with E-state index in [1.807, 2.05) is 0 Å². The fraction of sp³-hybridized carbons (Fsp3) is 0.941. The van der Waals surface area contributed by atoms with Gasteiger partial charge in [-0.2, -0.15) is 0 Å². The third-order valence-electron chi connectivity index (χ3n) is 6.01. The maximum absolute atomic E-state index is 11.3. The van der Waals surface area contributed by atoms with Gasteiger partial charge in [-0.3, -0.25) is 4.79 Å². The number of hydrogen-bond donors (Lipinski definition) is 2. The van der Waals surface area contributed by atoms with Gasteiger partial charge in [0.2, 0.25) is 0 Å². The highest BCUT2D eigenvalue weighted by Crippen LogP contribution is 2.44. The Morgan fingerprint density at radius 2 is 1.81 bits per heavy atom. The van der Waals surface area contributed by atoms with Gasteiger partial charge in [0.25, 0.3) is 0 Å². The van der Waals surface area contributed by atoms with Crippen molar-refractivity contribution < 1.29 is 9.90 Å². The minimum absolute atomic E-state index is 0.662. The third kappa shape index (κ3) is 4.19. The lowest BCUT2D eigenvalue weighted by molar-refractivity contribution is -0.144. The van der Waals surface area contributed by atoms with Gasteiger partial charge >= 0.3 is 5.97 Å². The minimum Gasteiger partial charge on any atom is -0.480 e. The number of rotatable bonds is 6. The van der Waals surface area contributed by atoms with Crippen molar-refractivity contribution in [1.29, 1.82) is 0 Å². The topological polar surface area (TPSA) is 52.6 Å². The van der Waals surface area contributed by atoms with E-state index in [9.17, 15) is 9.90 Å². The highest BCUT2D eigenvalue weighted by molar-refractivity contribution is 5.78. The smallest absolute Gasteiger partial charge is 0.323 e. The molecule has 1 spiro atoms. The lowest BCUT2D eigenvalue weighted by atomic mass is 9.68. The van der Waals surface area contributed by atoms with Crippen LogP contribution < -0.4 is 5.32 Å². The van der Waals surface area contributed by atoms with Crippen LogP contribution in [0.5, 0.6) is 0 Å². The molecule has 122 valence electrons. The van der Waals surface area contributed by atoms with E-state index in [0.717, 1.165) is 13.0 Å². The summed E-state index contributed by atoms with van der Waals surface area (Å²) >= 11 is 0. The Bertz CT molecular complexity index is 343. The SMILES string of the molecule is CNC(C)(CCCN1CCC2(CCCCC2)CC1)C(=O)O. The minimum atomic E-state index is -0.777.